The Labute approximate surface area is 205 Å². The number of terminal acetylenes is 1. The third-order valence-electron chi connectivity index (χ3n) is 6.34. The molecule has 3 heterocycles. The van der Waals surface area contributed by atoms with Crippen LogP contribution >= 0.6 is 11.8 Å². The van der Waals surface area contributed by atoms with Gasteiger partial charge in [-0.05, 0) is 37.6 Å². The lowest BCUT2D eigenvalue weighted by Gasteiger charge is -2.33. The van der Waals surface area contributed by atoms with Gasteiger partial charge in [-0.1, -0.05) is 17.7 Å². The van der Waals surface area contributed by atoms with E-state index in [1.165, 1.54) is 24.0 Å². The quantitative estimate of drug-likeness (QED) is 0.449. The number of hydrogen-bond acceptors (Lipinski definition) is 9. The Balaban J connectivity index is 1.49. The molecule has 2 aromatic heterocycles. The number of nitrogens with two attached hydrogens (primary N) is 1. The minimum atomic E-state index is -1.00. The van der Waals surface area contributed by atoms with Gasteiger partial charge in [0.1, 0.15) is 16.1 Å². The fourth-order valence-electron chi connectivity index (χ4n) is 4.62. The smallest absolute Gasteiger partial charge is 0.236 e. The Kier molecular flexibility index (Phi) is 5.48. The number of ether oxygens (including phenoxy) is 1. The van der Waals surface area contributed by atoms with Crippen molar-refractivity contribution in [2.45, 2.75) is 23.6 Å². The van der Waals surface area contributed by atoms with Gasteiger partial charge in [0.25, 0.3) is 0 Å². The van der Waals surface area contributed by atoms with E-state index in [1.54, 1.807) is 31.4 Å². The molecule has 5 rings (SSSR count). The van der Waals surface area contributed by atoms with Gasteiger partial charge in [-0.25, -0.2) is 19.3 Å². The molecule has 0 spiro atoms. The fourth-order valence-corrected chi connectivity index (χ4v) is 6.04. The van der Waals surface area contributed by atoms with Crippen LogP contribution in [0, 0.1) is 24.1 Å². The van der Waals surface area contributed by atoms with Crippen molar-refractivity contribution in [2.24, 2.45) is 16.6 Å². The number of aromatic nitrogens is 3. The van der Waals surface area contributed by atoms with Crippen molar-refractivity contribution >= 4 is 45.4 Å². The molecule has 4 N–H and O–H groups in total. The van der Waals surface area contributed by atoms with Gasteiger partial charge < -0.3 is 21.1 Å². The number of fused-ring (bicyclic) bond motifs is 2. The third kappa shape index (κ3) is 3.80. The Morgan fingerprint density at radius 2 is 2.23 bits per heavy atom. The molecule has 3 atom stereocenters. The number of carbonyl (C=O) groups is 1. The van der Waals surface area contributed by atoms with Crippen LogP contribution in [0.4, 0.5) is 15.9 Å². The molecule has 178 valence electrons. The molecule has 1 aliphatic carbocycles. The molecule has 2 aliphatic rings. The summed E-state index contributed by atoms with van der Waals surface area (Å²) in [4.78, 5) is 30.4. The third-order valence-corrected chi connectivity index (χ3v) is 7.65. The molecular weight excluding hydrogens is 469 g/mol. The zero-order valence-electron chi connectivity index (χ0n) is 19.0. The minimum Gasteiger partial charge on any atom is -0.463 e. The second kappa shape index (κ2) is 8.39. The predicted octanol–water partition coefficient (Wildman–Crippen LogP) is 2.70. The SMILES string of the molecule is C#CCOc1cnc2c(Nc3ccc(F)c([C@@]4(C)N=C(N)S[C@@]5(C(=O)NC)C[C@H]54)c3)nccc2n1. The van der Waals surface area contributed by atoms with Crippen molar-refractivity contribution in [1.29, 1.82) is 0 Å². The number of thioether (sulfide) groups is 1. The number of nitrogens with zero attached hydrogens (tertiary/aromatic N) is 4. The monoisotopic (exact) mass is 491 g/mol. The summed E-state index contributed by atoms with van der Waals surface area (Å²) in [6.45, 7) is 1.90. The Hall–Kier alpha value is -3.91. The predicted molar refractivity (Wildman–Crippen MR) is 133 cm³/mol. The molecule has 11 heteroatoms. The molecule has 1 fully saturated rings. The van der Waals surface area contributed by atoms with Crippen molar-refractivity contribution < 1.29 is 13.9 Å². The average molecular weight is 492 g/mol. The van der Waals surface area contributed by atoms with Crippen LogP contribution in [0.15, 0.2) is 41.7 Å². The highest BCUT2D eigenvalue weighted by Gasteiger charge is 2.70. The van der Waals surface area contributed by atoms with E-state index in [2.05, 4.69) is 36.5 Å². The van der Waals surface area contributed by atoms with Crippen molar-refractivity contribution in [3.63, 3.8) is 0 Å². The zero-order chi connectivity index (χ0) is 24.8. The number of amidine groups is 1. The summed E-state index contributed by atoms with van der Waals surface area (Å²) in [5, 5.41) is 6.16. The number of carbonyl (C=O) groups excluding carboxylic acids is 1. The summed E-state index contributed by atoms with van der Waals surface area (Å²) >= 11 is 1.24. The van der Waals surface area contributed by atoms with Crippen LogP contribution in [0.1, 0.15) is 18.9 Å². The summed E-state index contributed by atoms with van der Waals surface area (Å²) in [5.74, 6) is 2.37. The number of benzene rings is 1. The van der Waals surface area contributed by atoms with E-state index in [1.807, 2.05) is 6.92 Å². The molecule has 1 aromatic carbocycles. The fraction of sp³-hybridized carbons (Fsp3) is 0.292. The summed E-state index contributed by atoms with van der Waals surface area (Å²) < 4.78 is 19.8. The maximum absolute atomic E-state index is 15.2. The second-order valence-electron chi connectivity index (χ2n) is 8.47. The zero-order valence-corrected chi connectivity index (χ0v) is 19.8. The molecule has 1 saturated carbocycles. The number of anilines is 2. The van der Waals surface area contributed by atoms with Crippen LogP contribution in [0.5, 0.6) is 5.88 Å². The summed E-state index contributed by atoms with van der Waals surface area (Å²) in [6, 6.07) is 6.34. The molecule has 0 radical (unpaired) electrons. The van der Waals surface area contributed by atoms with Crippen LogP contribution in [0.3, 0.4) is 0 Å². The van der Waals surface area contributed by atoms with Gasteiger partial charge in [-0.3, -0.25) is 9.79 Å². The van der Waals surface area contributed by atoms with Crippen molar-refractivity contribution in [3.05, 3.63) is 48.0 Å². The van der Waals surface area contributed by atoms with Crippen LogP contribution in [0.2, 0.25) is 0 Å². The van der Waals surface area contributed by atoms with E-state index in [0.717, 1.165) is 0 Å². The Morgan fingerprint density at radius 3 is 3.00 bits per heavy atom. The Bertz CT molecular complexity index is 1420. The molecule has 0 unspecified atom stereocenters. The van der Waals surface area contributed by atoms with E-state index in [-0.39, 0.29) is 23.6 Å². The number of aliphatic imine (C=N–C) groups is 1. The molecule has 3 aromatic rings. The van der Waals surface area contributed by atoms with Gasteiger partial charge in [-0.15, -0.1) is 6.42 Å². The second-order valence-corrected chi connectivity index (χ2v) is 9.82. The van der Waals surface area contributed by atoms with Crippen LogP contribution < -0.4 is 21.1 Å². The van der Waals surface area contributed by atoms with Crippen LogP contribution in [-0.4, -0.2) is 44.4 Å². The standard InChI is InChI=1S/C24H22FN7O2S/c1-4-9-34-18-12-29-19-16(31-18)7-8-28-20(19)30-13-5-6-15(25)14(10-13)23(2)17-11-24(17,21(33)27-3)35-22(26)32-23/h1,5-8,10,12,17H,9,11H2,2-3H3,(H2,26,32)(H,27,33)(H,28,30)/t17-,23+,24-/m0/s1. The summed E-state index contributed by atoms with van der Waals surface area (Å²) in [5.41, 5.74) is 7.10. The van der Waals surface area contributed by atoms with E-state index in [9.17, 15) is 4.79 Å². The largest absolute Gasteiger partial charge is 0.463 e. The first-order valence-electron chi connectivity index (χ1n) is 10.8. The molecule has 0 saturated heterocycles. The van der Waals surface area contributed by atoms with Crippen molar-refractivity contribution in [1.82, 2.24) is 20.3 Å². The van der Waals surface area contributed by atoms with Gasteiger partial charge in [0.05, 0.1) is 17.3 Å². The van der Waals surface area contributed by atoms with E-state index >= 15 is 4.39 Å². The van der Waals surface area contributed by atoms with Crippen molar-refractivity contribution in [3.8, 4) is 18.2 Å². The maximum atomic E-state index is 15.2. The Morgan fingerprint density at radius 1 is 1.40 bits per heavy atom. The highest BCUT2D eigenvalue weighted by atomic mass is 32.2. The summed E-state index contributed by atoms with van der Waals surface area (Å²) in [7, 11) is 1.59. The number of nitrogens with one attached hydrogen (secondary N) is 2. The number of rotatable bonds is 6. The highest BCUT2D eigenvalue weighted by Crippen LogP contribution is 2.66. The van der Waals surface area contributed by atoms with Gasteiger partial charge in [-0.2, -0.15) is 0 Å². The lowest BCUT2D eigenvalue weighted by atomic mass is 9.85. The molecule has 35 heavy (non-hydrogen) atoms. The van der Waals surface area contributed by atoms with Gasteiger partial charge >= 0.3 is 0 Å². The molecule has 0 bridgehead atoms. The highest BCUT2D eigenvalue weighted by molar-refractivity contribution is 8.15. The first-order valence-corrected chi connectivity index (χ1v) is 11.6. The van der Waals surface area contributed by atoms with Gasteiger partial charge in [0.15, 0.2) is 17.6 Å². The average Bonchev–Trinajstić information content (AvgIpc) is 3.60. The first-order chi connectivity index (χ1) is 16.8. The molecular formula is C24H22FN7O2S. The normalized spacial score (nSPS) is 24.6. The van der Waals surface area contributed by atoms with E-state index in [0.29, 0.717) is 40.4 Å². The molecule has 1 aliphatic heterocycles. The van der Waals surface area contributed by atoms with Gasteiger partial charge in [0, 0.05) is 30.4 Å². The molecule has 9 nitrogen and oxygen atoms in total. The number of pyridine rings is 1. The number of halogens is 1. The van der Waals surface area contributed by atoms with Crippen LogP contribution in [-0.2, 0) is 10.3 Å². The lowest BCUT2D eigenvalue weighted by Crippen LogP contribution is -2.43. The number of hydrogen-bond donors (Lipinski definition) is 3. The number of amides is 1. The summed E-state index contributed by atoms with van der Waals surface area (Å²) in [6.07, 6.45) is 8.83. The van der Waals surface area contributed by atoms with Gasteiger partial charge in [0.2, 0.25) is 11.8 Å². The van der Waals surface area contributed by atoms with E-state index < -0.39 is 16.1 Å². The molecule has 1 amide bonds. The maximum Gasteiger partial charge on any atom is 0.236 e. The first kappa shape index (κ1) is 22.9. The topological polar surface area (TPSA) is 127 Å². The van der Waals surface area contributed by atoms with E-state index in [4.69, 9.17) is 16.9 Å². The van der Waals surface area contributed by atoms with Crippen molar-refractivity contribution in [2.75, 3.05) is 19.0 Å². The minimum absolute atomic E-state index is 0.0845. The lowest BCUT2D eigenvalue weighted by molar-refractivity contribution is -0.121. The van der Waals surface area contributed by atoms with Crippen LogP contribution in [0.25, 0.3) is 11.0 Å².